The Kier molecular flexibility index (Phi) is 6.30. The third kappa shape index (κ3) is 4.85. The minimum Gasteiger partial charge on any atom is -0.366 e. The van der Waals surface area contributed by atoms with Crippen LogP contribution in [0.3, 0.4) is 0 Å². The first-order valence-corrected chi connectivity index (χ1v) is 9.96. The van der Waals surface area contributed by atoms with Crippen LogP contribution in [0.1, 0.15) is 67.8 Å². The molecule has 142 valence electrons. The second-order valence-corrected chi connectivity index (χ2v) is 7.95. The third-order valence-corrected chi connectivity index (χ3v) is 5.93. The molecule has 5 heteroatoms. The normalized spacial score (nSPS) is 25.0. The maximum Gasteiger partial charge on any atom is 0.248 e. The number of nitrogens with two attached hydrogens (primary N) is 1. The quantitative estimate of drug-likeness (QED) is 0.851. The van der Waals surface area contributed by atoms with Gasteiger partial charge in [0.15, 0.2) is 0 Å². The Balaban J connectivity index is 1.52. The molecule has 1 aliphatic heterocycles. The van der Waals surface area contributed by atoms with Gasteiger partial charge in [-0.1, -0.05) is 31.4 Å². The fourth-order valence-electron chi connectivity index (χ4n) is 4.32. The van der Waals surface area contributed by atoms with E-state index in [2.05, 4.69) is 17.1 Å². The molecule has 2 amide bonds. The summed E-state index contributed by atoms with van der Waals surface area (Å²) in [5, 5.41) is 3.28. The van der Waals surface area contributed by atoms with Crippen molar-refractivity contribution in [1.82, 2.24) is 10.2 Å². The van der Waals surface area contributed by atoms with Crippen LogP contribution in [-0.4, -0.2) is 35.3 Å². The van der Waals surface area contributed by atoms with Gasteiger partial charge >= 0.3 is 0 Å². The largest absolute Gasteiger partial charge is 0.366 e. The van der Waals surface area contributed by atoms with Crippen molar-refractivity contribution in [2.24, 2.45) is 11.7 Å². The molecule has 0 radical (unpaired) electrons. The highest BCUT2D eigenvalue weighted by atomic mass is 16.2. The molecule has 1 saturated carbocycles. The topological polar surface area (TPSA) is 75.4 Å². The molecule has 0 spiro atoms. The van der Waals surface area contributed by atoms with E-state index in [4.69, 9.17) is 5.73 Å². The molecule has 0 aromatic heterocycles. The summed E-state index contributed by atoms with van der Waals surface area (Å²) in [6.07, 6.45) is 7.85. The summed E-state index contributed by atoms with van der Waals surface area (Å²) in [5.41, 5.74) is 7.02. The van der Waals surface area contributed by atoms with Crippen LogP contribution >= 0.6 is 0 Å². The van der Waals surface area contributed by atoms with Gasteiger partial charge in [0.05, 0.1) is 0 Å². The van der Waals surface area contributed by atoms with Gasteiger partial charge in [0, 0.05) is 30.1 Å². The molecular weight excluding hydrogens is 326 g/mol. The second-order valence-electron chi connectivity index (χ2n) is 7.95. The van der Waals surface area contributed by atoms with E-state index in [1.54, 1.807) is 6.07 Å². The molecular formula is C21H31N3O2. The molecule has 1 saturated heterocycles. The van der Waals surface area contributed by atoms with Gasteiger partial charge in [-0.25, -0.2) is 0 Å². The van der Waals surface area contributed by atoms with Gasteiger partial charge in [0.2, 0.25) is 11.8 Å². The lowest BCUT2D eigenvalue weighted by Gasteiger charge is -2.38. The Bertz CT molecular complexity index is 640. The smallest absolute Gasteiger partial charge is 0.248 e. The Morgan fingerprint density at radius 3 is 2.65 bits per heavy atom. The van der Waals surface area contributed by atoms with Gasteiger partial charge in [-0.05, 0) is 56.8 Å². The molecule has 3 N–H and O–H groups in total. The number of benzene rings is 1. The van der Waals surface area contributed by atoms with E-state index >= 15 is 0 Å². The lowest BCUT2D eigenvalue weighted by atomic mass is 9.89. The Labute approximate surface area is 156 Å². The number of hydrogen-bond donors (Lipinski definition) is 2. The number of carbonyl (C=O) groups excluding carboxylic acids is 2. The van der Waals surface area contributed by atoms with E-state index in [1.807, 2.05) is 18.2 Å². The highest BCUT2D eigenvalue weighted by Gasteiger charge is 2.31. The van der Waals surface area contributed by atoms with Crippen molar-refractivity contribution in [3.05, 3.63) is 35.4 Å². The number of primary amides is 1. The molecule has 1 aliphatic carbocycles. The minimum atomic E-state index is -0.391. The average molecular weight is 357 g/mol. The van der Waals surface area contributed by atoms with Gasteiger partial charge in [-0.3, -0.25) is 14.5 Å². The van der Waals surface area contributed by atoms with E-state index < -0.39 is 5.91 Å². The fraction of sp³-hybridized carbons (Fsp3) is 0.619. The Morgan fingerprint density at radius 2 is 1.96 bits per heavy atom. The van der Waals surface area contributed by atoms with E-state index in [1.165, 1.54) is 19.3 Å². The van der Waals surface area contributed by atoms with Crippen molar-refractivity contribution < 1.29 is 9.59 Å². The van der Waals surface area contributed by atoms with Crippen molar-refractivity contribution in [3.63, 3.8) is 0 Å². The van der Waals surface area contributed by atoms with Crippen molar-refractivity contribution in [3.8, 4) is 0 Å². The predicted octanol–water partition coefficient (Wildman–Crippen LogP) is 2.83. The van der Waals surface area contributed by atoms with Gasteiger partial charge < -0.3 is 11.1 Å². The first-order chi connectivity index (χ1) is 12.5. The Morgan fingerprint density at radius 1 is 1.19 bits per heavy atom. The molecule has 3 rings (SSSR count). The zero-order chi connectivity index (χ0) is 18.5. The van der Waals surface area contributed by atoms with Gasteiger partial charge in [0.25, 0.3) is 0 Å². The summed E-state index contributed by atoms with van der Waals surface area (Å²) in [4.78, 5) is 26.4. The lowest BCUT2D eigenvalue weighted by molar-refractivity contribution is -0.128. The maximum absolute atomic E-state index is 12.6. The number of likely N-dealkylation sites (tertiary alicyclic amines) is 1. The van der Waals surface area contributed by atoms with Gasteiger partial charge in [0.1, 0.15) is 0 Å². The number of amides is 2. The first kappa shape index (κ1) is 18.9. The second kappa shape index (κ2) is 8.67. The molecule has 1 aromatic rings. The summed E-state index contributed by atoms with van der Waals surface area (Å²) >= 11 is 0. The van der Waals surface area contributed by atoms with E-state index in [-0.39, 0.29) is 11.8 Å². The molecule has 2 fully saturated rings. The van der Waals surface area contributed by atoms with Crippen molar-refractivity contribution >= 4 is 11.8 Å². The van der Waals surface area contributed by atoms with E-state index in [0.29, 0.717) is 17.6 Å². The van der Waals surface area contributed by atoms with Crippen molar-refractivity contribution in [2.75, 3.05) is 6.54 Å². The van der Waals surface area contributed by atoms with Crippen LogP contribution in [0.4, 0.5) is 0 Å². The Hall–Kier alpha value is -1.88. The number of nitrogens with zero attached hydrogens (tertiary/aromatic N) is 1. The SMILES string of the molecule is C[C@H]1C[C@@H](C(=O)NC2CCCCC2)CCN1Cc1cccc(C(N)=O)c1. The van der Waals surface area contributed by atoms with Crippen molar-refractivity contribution in [1.29, 1.82) is 0 Å². The van der Waals surface area contributed by atoms with E-state index in [9.17, 15) is 9.59 Å². The third-order valence-electron chi connectivity index (χ3n) is 5.93. The summed E-state index contributed by atoms with van der Waals surface area (Å²) in [5.74, 6) is -0.0164. The van der Waals surface area contributed by atoms with Gasteiger partial charge in [-0.2, -0.15) is 0 Å². The lowest BCUT2D eigenvalue weighted by Crippen LogP contribution is -2.47. The molecule has 1 aromatic carbocycles. The highest BCUT2D eigenvalue weighted by molar-refractivity contribution is 5.92. The number of piperidine rings is 1. The minimum absolute atomic E-state index is 0.125. The number of rotatable bonds is 5. The van der Waals surface area contributed by atoms with E-state index in [0.717, 1.165) is 44.3 Å². The number of nitrogens with one attached hydrogen (secondary N) is 1. The summed E-state index contributed by atoms with van der Waals surface area (Å²) in [6.45, 7) is 3.89. The van der Waals surface area contributed by atoms with Crippen LogP contribution in [0.2, 0.25) is 0 Å². The molecule has 0 bridgehead atoms. The molecule has 26 heavy (non-hydrogen) atoms. The zero-order valence-electron chi connectivity index (χ0n) is 15.7. The van der Waals surface area contributed by atoms with Crippen molar-refractivity contribution in [2.45, 2.75) is 70.5 Å². The maximum atomic E-state index is 12.6. The van der Waals surface area contributed by atoms with Crippen LogP contribution in [0, 0.1) is 5.92 Å². The van der Waals surface area contributed by atoms with Crippen LogP contribution in [0.5, 0.6) is 0 Å². The summed E-state index contributed by atoms with van der Waals surface area (Å²) in [6, 6.07) is 8.27. The predicted molar refractivity (Wildman–Crippen MR) is 103 cm³/mol. The van der Waals surface area contributed by atoms with Gasteiger partial charge in [-0.15, -0.1) is 0 Å². The summed E-state index contributed by atoms with van der Waals surface area (Å²) < 4.78 is 0. The molecule has 1 heterocycles. The van der Waals surface area contributed by atoms with Crippen LogP contribution in [0.25, 0.3) is 0 Å². The molecule has 0 unspecified atom stereocenters. The first-order valence-electron chi connectivity index (χ1n) is 9.96. The van der Waals surface area contributed by atoms with Crippen LogP contribution in [0.15, 0.2) is 24.3 Å². The highest BCUT2D eigenvalue weighted by Crippen LogP contribution is 2.26. The van der Waals surface area contributed by atoms with Crippen LogP contribution < -0.4 is 11.1 Å². The average Bonchev–Trinajstić information content (AvgIpc) is 2.64. The zero-order valence-corrected chi connectivity index (χ0v) is 15.7. The standard InChI is InChI=1S/C21H31N3O2/c1-15-12-18(21(26)23-19-8-3-2-4-9-19)10-11-24(15)14-16-6-5-7-17(13-16)20(22)25/h5-7,13,15,18-19H,2-4,8-12,14H2,1H3,(H2,22,25)(H,23,26)/t15-,18-/m0/s1. The molecule has 5 nitrogen and oxygen atoms in total. The molecule has 2 aliphatic rings. The fourth-order valence-corrected chi connectivity index (χ4v) is 4.32. The number of carbonyl (C=O) groups is 2. The summed E-state index contributed by atoms with van der Waals surface area (Å²) in [7, 11) is 0. The van der Waals surface area contributed by atoms with Crippen LogP contribution in [-0.2, 0) is 11.3 Å². The number of hydrogen-bond acceptors (Lipinski definition) is 3. The monoisotopic (exact) mass is 357 g/mol. The molecule has 2 atom stereocenters.